The first-order chi connectivity index (χ1) is 12.0. The van der Waals surface area contributed by atoms with Crippen molar-refractivity contribution in [1.82, 2.24) is 19.4 Å². The van der Waals surface area contributed by atoms with Gasteiger partial charge in [-0.15, -0.1) is 0 Å². The molecule has 0 N–H and O–H groups in total. The Morgan fingerprint density at radius 2 is 1.92 bits per heavy atom. The van der Waals surface area contributed by atoms with Crippen LogP contribution in [0.4, 0.5) is 0 Å². The van der Waals surface area contributed by atoms with Gasteiger partial charge in [-0.3, -0.25) is 14.6 Å². The lowest BCUT2D eigenvalue weighted by molar-refractivity contribution is 0.0171. The summed E-state index contributed by atoms with van der Waals surface area (Å²) in [6, 6.07) is 3.80. The van der Waals surface area contributed by atoms with Gasteiger partial charge in [0.05, 0.1) is 25.0 Å². The summed E-state index contributed by atoms with van der Waals surface area (Å²) in [5.41, 5.74) is 2.02. The number of hydrogen-bond donors (Lipinski definition) is 0. The van der Waals surface area contributed by atoms with Crippen molar-refractivity contribution in [2.45, 2.75) is 38.8 Å². The average molecular weight is 340 g/mol. The second kappa shape index (κ2) is 5.98. The van der Waals surface area contributed by atoms with Gasteiger partial charge in [0.1, 0.15) is 17.5 Å². The monoisotopic (exact) mass is 340 g/mol. The number of aromatic nitrogens is 3. The first kappa shape index (κ1) is 15.8. The molecule has 130 valence electrons. The fourth-order valence-electron chi connectivity index (χ4n) is 3.09. The van der Waals surface area contributed by atoms with Crippen molar-refractivity contribution in [2.24, 2.45) is 0 Å². The Balaban J connectivity index is 1.37. The van der Waals surface area contributed by atoms with Gasteiger partial charge in [0, 0.05) is 24.0 Å². The highest BCUT2D eigenvalue weighted by atomic mass is 16.5. The SMILES string of the molecule is Cc1cnc(C(=O)N2CC(Oc3cc(C)n(C4CC4)c(=O)c3)C2)cn1. The highest BCUT2D eigenvalue weighted by Gasteiger charge is 2.34. The molecule has 0 atom stereocenters. The van der Waals surface area contributed by atoms with Crippen LogP contribution < -0.4 is 10.3 Å². The second-order valence-electron chi connectivity index (χ2n) is 6.76. The van der Waals surface area contributed by atoms with Gasteiger partial charge in [0.2, 0.25) is 0 Å². The highest BCUT2D eigenvalue weighted by molar-refractivity contribution is 5.92. The molecule has 2 aliphatic rings. The highest BCUT2D eigenvalue weighted by Crippen LogP contribution is 2.35. The third-order valence-electron chi connectivity index (χ3n) is 4.58. The Hall–Kier alpha value is -2.70. The largest absolute Gasteiger partial charge is 0.486 e. The summed E-state index contributed by atoms with van der Waals surface area (Å²) in [4.78, 5) is 34.4. The summed E-state index contributed by atoms with van der Waals surface area (Å²) in [5.74, 6) is 0.430. The van der Waals surface area contributed by atoms with Crippen LogP contribution in [0.15, 0.2) is 29.3 Å². The lowest BCUT2D eigenvalue weighted by Gasteiger charge is -2.38. The molecule has 0 bridgehead atoms. The molecule has 1 aliphatic heterocycles. The minimum atomic E-state index is -0.146. The fourth-order valence-corrected chi connectivity index (χ4v) is 3.09. The number of amides is 1. The maximum Gasteiger partial charge on any atom is 0.274 e. The minimum Gasteiger partial charge on any atom is -0.486 e. The van der Waals surface area contributed by atoms with Crippen LogP contribution in [-0.4, -0.2) is 44.5 Å². The van der Waals surface area contributed by atoms with E-state index in [0.717, 1.165) is 24.2 Å². The van der Waals surface area contributed by atoms with E-state index >= 15 is 0 Å². The number of hydrogen-bond acceptors (Lipinski definition) is 5. The Bertz CT molecular complexity index is 865. The van der Waals surface area contributed by atoms with Crippen LogP contribution in [0.2, 0.25) is 0 Å². The van der Waals surface area contributed by atoms with Gasteiger partial charge in [-0.25, -0.2) is 4.98 Å². The van der Waals surface area contributed by atoms with E-state index in [9.17, 15) is 9.59 Å². The first-order valence-electron chi connectivity index (χ1n) is 8.49. The van der Waals surface area contributed by atoms with Gasteiger partial charge in [0.25, 0.3) is 11.5 Å². The van der Waals surface area contributed by atoms with E-state index in [2.05, 4.69) is 9.97 Å². The molecule has 2 aromatic heterocycles. The van der Waals surface area contributed by atoms with Crippen molar-refractivity contribution in [1.29, 1.82) is 0 Å². The number of rotatable bonds is 4. The van der Waals surface area contributed by atoms with Gasteiger partial charge in [-0.2, -0.15) is 0 Å². The van der Waals surface area contributed by atoms with Crippen molar-refractivity contribution in [3.05, 3.63) is 52.0 Å². The summed E-state index contributed by atoms with van der Waals surface area (Å²) in [7, 11) is 0. The number of nitrogens with zero attached hydrogens (tertiary/aromatic N) is 4. The number of likely N-dealkylation sites (tertiary alicyclic amines) is 1. The summed E-state index contributed by atoms with van der Waals surface area (Å²) in [6.07, 6.45) is 5.12. The third kappa shape index (κ3) is 3.14. The molecule has 1 amide bonds. The van der Waals surface area contributed by atoms with Gasteiger partial charge >= 0.3 is 0 Å². The molecule has 1 aliphatic carbocycles. The van der Waals surface area contributed by atoms with E-state index in [4.69, 9.17) is 4.74 Å². The second-order valence-corrected chi connectivity index (χ2v) is 6.76. The fraction of sp³-hybridized carbons (Fsp3) is 0.444. The van der Waals surface area contributed by atoms with Crippen molar-refractivity contribution >= 4 is 5.91 Å². The molecule has 7 nitrogen and oxygen atoms in total. The van der Waals surface area contributed by atoms with Gasteiger partial charge in [-0.1, -0.05) is 0 Å². The zero-order valence-electron chi connectivity index (χ0n) is 14.3. The summed E-state index contributed by atoms with van der Waals surface area (Å²) >= 11 is 0. The van der Waals surface area contributed by atoms with E-state index < -0.39 is 0 Å². The van der Waals surface area contributed by atoms with Crippen LogP contribution in [0.5, 0.6) is 5.75 Å². The number of ether oxygens (including phenoxy) is 1. The lowest BCUT2D eigenvalue weighted by Crippen LogP contribution is -2.56. The molecular weight excluding hydrogens is 320 g/mol. The van der Waals surface area contributed by atoms with E-state index in [-0.39, 0.29) is 17.6 Å². The van der Waals surface area contributed by atoms with E-state index in [1.54, 1.807) is 17.2 Å². The van der Waals surface area contributed by atoms with Gasteiger partial charge in [-0.05, 0) is 32.8 Å². The van der Waals surface area contributed by atoms with E-state index in [1.165, 1.54) is 6.20 Å². The molecule has 3 heterocycles. The molecule has 4 rings (SSSR count). The van der Waals surface area contributed by atoms with Crippen molar-refractivity contribution in [3.63, 3.8) is 0 Å². The van der Waals surface area contributed by atoms with Crippen LogP contribution in [0.1, 0.15) is 40.8 Å². The molecule has 1 saturated heterocycles. The van der Waals surface area contributed by atoms with Crippen molar-refractivity contribution in [2.75, 3.05) is 13.1 Å². The molecule has 0 spiro atoms. The lowest BCUT2D eigenvalue weighted by atomic mass is 10.1. The van der Waals surface area contributed by atoms with E-state index in [0.29, 0.717) is 30.6 Å². The normalized spacial score (nSPS) is 17.3. The molecular formula is C18H20N4O3. The molecule has 25 heavy (non-hydrogen) atoms. The molecule has 7 heteroatoms. The predicted octanol–water partition coefficient (Wildman–Crippen LogP) is 1.49. The Morgan fingerprint density at radius 3 is 2.52 bits per heavy atom. The summed E-state index contributed by atoms with van der Waals surface area (Å²) < 4.78 is 7.69. The minimum absolute atomic E-state index is 0.0142. The van der Waals surface area contributed by atoms with Crippen LogP contribution in [-0.2, 0) is 0 Å². The van der Waals surface area contributed by atoms with Gasteiger partial charge in [0.15, 0.2) is 0 Å². The number of carbonyl (C=O) groups is 1. The van der Waals surface area contributed by atoms with Crippen LogP contribution in [0.25, 0.3) is 0 Å². The van der Waals surface area contributed by atoms with Crippen molar-refractivity contribution < 1.29 is 9.53 Å². The maximum atomic E-state index is 12.3. The smallest absolute Gasteiger partial charge is 0.274 e. The molecule has 1 saturated carbocycles. The van der Waals surface area contributed by atoms with Crippen LogP contribution in [0, 0.1) is 13.8 Å². The maximum absolute atomic E-state index is 12.3. The zero-order valence-corrected chi connectivity index (χ0v) is 14.3. The quantitative estimate of drug-likeness (QED) is 0.843. The molecule has 2 fully saturated rings. The number of aryl methyl sites for hydroxylation is 2. The van der Waals surface area contributed by atoms with Gasteiger partial charge < -0.3 is 14.2 Å². The Morgan fingerprint density at radius 1 is 1.16 bits per heavy atom. The van der Waals surface area contributed by atoms with Crippen LogP contribution >= 0.6 is 0 Å². The first-order valence-corrected chi connectivity index (χ1v) is 8.49. The summed E-state index contributed by atoms with van der Waals surface area (Å²) in [5, 5.41) is 0. The molecule has 2 aromatic rings. The number of carbonyl (C=O) groups excluding carboxylic acids is 1. The standard InChI is InChI=1S/C18H20N4O3/c1-11-7-20-16(8-19-11)18(24)21-9-15(10-21)25-14-5-12(2)22(13-3-4-13)17(23)6-14/h5-8,13,15H,3-4,9-10H2,1-2H3. The van der Waals surface area contributed by atoms with E-state index in [1.807, 2.05) is 24.5 Å². The Labute approximate surface area is 145 Å². The predicted molar refractivity (Wildman–Crippen MR) is 90.8 cm³/mol. The van der Waals surface area contributed by atoms with Crippen LogP contribution in [0.3, 0.4) is 0 Å². The number of pyridine rings is 1. The summed E-state index contributed by atoms with van der Waals surface area (Å²) in [6.45, 7) is 4.73. The Kier molecular flexibility index (Phi) is 3.78. The topological polar surface area (TPSA) is 77.3 Å². The average Bonchev–Trinajstić information content (AvgIpc) is 3.35. The third-order valence-corrected chi connectivity index (χ3v) is 4.58. The zero-order chi connectivity index (χ0) is 17.6. The molecule has 0 unspecified atom stereocenters. The van der Waals surface area contributed by atoms with Crippen molar-refractivity contribution in [3.8, 4) is 5.75 Å². The molecule has 0 radical (unpaired) electrons. The molecule has 0 aromatic carbocycles.